The first-order valence-electron chi connectivity index (χ1n) is 9.71. The zero-order valence-corrected chi connectivity index (χ0v) is 20.1. The number of alkyl halides is 2. The van der Waals surface area contributed by atoms with Crippen LogP contribution in [0.15, 0.2) is 47.5 Å². The maximum absolute atomic E-state index is 12.7. The quantitative estimate of drug-likeness (QED) is 0.278. The standard InChI is InChI=1S/C22H27F2N3O3.HI/c1-25-21(26-13-15-12-16(28-2)8-9-18(15)30-20(23)24)27-14-22(10-11-22)17-6-4-5-7-19(17)29-3;/h4-9,12,20H,10-11,13-14H2,1-3H3,(H2,25,26,27);1H. The Morgan fingerprint density at radius 1 is 1.06 bits per heavy atom. The summed E-state index contributed by atoms with van der Waals surface area (Å²) in [4.78, 5) is 4.25. The molecular weight excluding hydrogens is 519 g/mol. The van der Waals surface area contributed by atoms with Gasteiger partial charge in [0.25, 0.3) is 0 Å². The van der Waals surface area contributed by atoms with Gasteiger partial charge in [-0.05, 0) is 37.1 Å². The van der Waals surface area contributed by atoms with Gasteiger partial charge in [-0.15, -0.1) is 24.0 Å². The van der Waals surface area contributed by atoms with E-state index in [9.17, 15) is 8.78 Å². The van der Waals surface area contributed by atoms with Gasteiger partial charge in [-0.25, -0.2) is 0 Å². The van der Waals surface area contributed by atoms with E-state index in [4.69, 9.17) is 9.47 Å². The van der Waals surface area contributed by atoms with Crippen LogP contribution in [-0.2, 0) is 12.0 Å². The van der Waals surface area contributed by atoms with E-state index in [0.717, 1.165) is 18.6 Å². The molecule has 0 saturated heterocycles. The lowest BCUT2D eigenvalue weighted by atomic mass is 9.95. The van der Waals surface area contributed by atoms with E-state index in [1.165, 1.54) is 18.7 Å². The van der Waals surface area contributed by atoms with E-state index in [1.807, 2.05) is 18.2 Å². The number of para-hydroxylation sites is 1. The average Bonchev–Trinajstić information content (AvgIpc) is 3.55. The Balaban J connectivity index is 0.00000341. The first kappa shape index (κ1) is 25.0. The van der Waals surface area contributed by atoms with Gasteiger partial charge in [-0.3, -0.25) is 4.99 Å². The van der Waals surface area contributed by atoms with Crippen LogP contribution in [0.3, 0.4) is 0 Å². The number of guanidine groups is 1. The molecule has 2 N–H and O–H groups in total. The molecule has 0 aliphatic heterocycles. The molecule has 1 aliphatic rings. The van der Waals surface area contributed by atoms with Crippen molar-refractivity contribution >= 4 is 29.9 Å². The summed E-state index contributed by atoms with van der Waals surface area (Å²) < 4.78 is 40.7. The molecule has 170 valence electrons. The van der Waals surface area contributed by atoms with Crippen LogP contribution in [0.2, 0.25) is 0 Å². The predicted octanol–water partition coefficient (Wildman–Crippen LogP) is 4.32. The summed E-state index contributed by atoms with van der Waals surface area (Å²) in [5, 5.41) is 6.50. The van der Waals surface area contributed by atoms with Crippen LogP contribution >= 0.6 is 24.0 Å². The van der Waals surface area contributed by atoms with Gasteiger partial charge in [0.05, 0.1) is 14.2 Å². The highest BCUT2D eigenvalue weighted by atomic mass is 127. The van der Waals surface area contributed by atoms with Crippen LogP contribution in [0.4, 0.5) is 8.78 Å². The molecule has 0 spiro atoms. The summed E-state index contributed by atoms with van der Waals surface area (Å²) in [5.41, 5.74) is 1.73. The van der Waals surface area contributed by atoms with Crippen molar-refractivity contribution in [1.82, 2.24) is 10.6 Å². The SMILES string of the molecule is CN=C(NCc1cc(OC)ccc1OC(F)F)NCC1(c2ccccc2OC)CC1.I. The van der Waals surface area contributed by atoms with Gasteiger partial charge in [0.15, 0.2) is 5.96 Å². The maximum Gasteiger partial charge on any atom is 0.387 e. The van der Waals surface area contributed by atoms with E-state index in [-0.39, 0.29) is 41.7 Å². The minimum atomic E-state index is -2.90. The third-order valence-electron chi connectivity index (χ3n) is 5.28. The Kier molecular flexibility index (Phi) is 9.15. The van der Waals surface area contributed by atoms with E-state index < -0.39 is 6.61 Å². The van der Waals surface area contributed by atoms with Crippen molar-refractivity contribution in [2.75, 3.05) is 27.8 Å². The van der Waals surface area contributed by atoms with E-state index >= 15 is 0 Å². The number of benzene rings is 2. The predicted molar refractivity (Wildman–Crippen MR) is 127 cm³/mol. The van der Waals surface area contributed by atoms with Crippen LogP contribution in [0.25, 0.3) is 0 Å². The third kappa shape index (κ3) is 6.34. The van der Waals surface area contributed by atoms with Gasteiger partial charge >= 0.3 is 6.61 Å². The van der Waals surface area contributed by atoms with E-state index in [0.29, 0.717) is 23.8 Å². The molecule has 0 heterocycles. The maximum atomic E-state index is 12.7. The molecule has 9 heteroatoms. The van der Waals surface area contributed by atoms with Crippen LogP contribution in [0.1, 0.15) is 24.0 Å². The molecule has 0 unspecified atom stereocenters. The number of aliphatic imine (C=N–C) groups is 1. The van der Waals surface area contributed by atoms with Crippen LogP contribution in [0.5, 0.6) is 17.2 Å². The lowest BCUT2D eigenvalue weighted by Crippen LogP contribution is -2.41. The molecular formula is C22H28F2IN3O3. The Bertz CT molecular complexity index is 892. The van der Waals surface area contributed by atoms with E-state index in [1.54, 1.807) is 26.3 Å². The highest BCUT2D eigenvalue weighted by Crippen LogP contribution is 2.50. The van der Waals surface area contributed by atoms with Gasteiger partial charge in [-0.1, -0.05) is 18.2 Å². The molecule has 0 radical (unpaired) electrons. The molecule has 1 aliphatic carbocycles. The van der Waals surface area contributed by atoms with Gasteiger partial charge in [0.1, 0.15) is 17.2 Å². The molecule has 31 heavy (non-hydrogen) atoms. The van der Waals surface area contributed by atoms with E-state index in [2.05, 4.69) is 26.4 Å². The van der Waals surface area contributed by atoms with Crippen molar-refractivity contribution in [1.29, 1.82) is 0 Å². The normalized spacial score (nSPS) is 14.5. The van der Waals surface area contributed by atoms with Crippen molar-refractivity contribution in [3.63, 3.8) is 0 Å². The first-order chi connectivity index (χ1) is 14.5. The second-order valence-corrected chi connectivity index (χ2v) is 7.11. The molecule has 0 aromatic heterocycles. The van der Waals surface area contributed by atoms with Crippen molar-refractivity contribution in [3.8, 4) is 17.2 Å². The lowest BCUT2D eigenvalue weighted by molar-refractivity contribution is -0.0505. The summed E-state index contributed by atoms with van der Waals surface area (Å²) in [6, 6.07) is 12.7. The third-order valence-corrected chi connectivity index (χ3v) is 5.28. The van der Waals surface area contributed by atoms with Crippen molar-refractivity contribution < 1.29 is 23.0 Å². The largest absolute Gasteiger partial charge is 0.497 e. The fourth-order valence-corrected chi connectivity index (χ4v) is 3.46. The Morgan fingerprint density at radius 2 is 1.81 bits per heavy atom. The van der Waals surface area contributed by atoms with Gasteiger partial charge < -0.3 is 24.8 Å². The zero-order chi connectivity index (χ0) is 21.6. The number of rotatable bonds is 9. The lowest BCUT2D eigenvalue weighted by Gasteiger charge is -2.21. The number of ether oxygens (including phenoxy) is 3. The number of methoxy groups -OCH3 is 2. The second-order valence-electron chi connectivity index (χ2n) is 7.11. The minimum absolute atomic E-state index is 0. The summed E-state index contributed by atoms with van der Waals surface area (Å²) in [6.45, 7) is -1.96. The monoisotopic (exact) mass is 547 g/mol. The second kappa shape index (κ2) is 11.4. The molecule has 2 aromatic carbocycles. The molecule has 1 saturated carbocycles. The zero-order valence-electron chi connectivity index (χ0n) is 17.8. The average molecular weight is 547 g/mol. The summed E-state index contributed by atoms with van der Waals surface area (Å²) in [7, 11) is 4.86. The molecule has 0 bridgehead atoms. The minimum Gasteiger partial charge on any atom is -0.497 e. The molecule has 2 aromatic rings. The van der Waals surface area contributed by atoms with Crippen LogP contribution in [0, 0.1) is 0 Å². The van der Waals surface area contributed by atoms with Crippen molar-refractivity contribution in [3.05, 3.63) is 53.6 Å². The van der Waals surface area contributed by atoms with Crippen molar-refractivity contribution in [2.24, 2.45) is 4.99 Å². The van der Waals surface area contributed by atoms with Gasteiger partial charge in [0, 0.05) is 36.7 Å². The molecule has 1 fully saturated rings. The Hall–Kier alpha value is -2.30. The molecule has 6 nitrogen and oxygen atoms in total. The number of nitrogens with one attached hydrogen (secondary N) is 2. The van der Waals surface area contributed by atoms with Crippen LogP contribution in [-0.4, -0.2) is 40.4 Å². The summed E-state index contributed by atoms with van der Waals surface area (Å²) >= 11 is 0. The van der Waals surface area contributed by atoms with Crippen LogP contribution < -0.4 is 24.8 Å². The fourth-order valence-electron chi connectivity index (χ4n) is 3.46. The number of hydrogen-bond acceptors (Lipinski definition) is 4. The van der Waals surface area contributed by atoms with Gasteiger partial charge in [0.2, 0.25) is 0 Å². The van der Waals surface area contributed by atoms with Crippen molar-refractivity contribution in [2.45, 2.75) is 31.4 Å². The first-order valence-corrected chi connectivity index (χ1v) is 9.71. The molecule has 0 amide bonds. The summed E-state index contributed by atoms with van der Waals surface area (Å²) in [6.07, 6.45) is 2.11. The number of nitrogens with zero attached hydrogens (tertiary/aromatic N) is 1. The number of halogens is 3. The number of hydrogen-bond donors (Lipinski definition) is 2. The highest BCUT2D eigenvalue weighted by Gasteiger charge is 2.46. The highest BCUT2D eigenvalue weighted by molar-refractivity contribution is 14.0. The molecule has 3 rings (SSSR count). The van der Waals surface area contributed by atoms with Gasteiger partial charge in [-0.2, -0.15) is 8.78 Å². The Labute approximate surface area is 198 Å². The smallest absolute Gasteiger partial charge is 0.387 e. The Morgan fingerprint density at radius 3 is 2.42 bits per heavy atom. The summed E-state index contributed by atoms with van der Waals surface area (Å²) in [5.74, 6) is 2.11. The fraction of sp³-hybridized carbons (Fsp3) is 0.409. The molecule has 0 atom stereocenters. The topological polar surface area (TPSA) is 64.1 Å².